The van der Waals surface area contributed by atoms with Crippen molar-refractivity contribution in [3.8, 4) is 23.2 Å². The highest BCUT2D eigenvalue weighted by Crippen LogP contribution is 2.45. The van der Waals surface area contributed by atoms with E-state index < -0.39 is 24.5 Å². The van der Waals surface area contributed by atoms with E-state index in [9.17, 15) is 0 Å². The van der Waals surface area contributed by atoms with Gasteiger partial charge in [-0.25, -0.2) is 0 Å². The molecule has 0 spiro atoms. The minimum Gasteiger partial charge on any atom is -0.372 e. The number of ether oxygens (including phenoxy) is 2. The Balaban J connectivity index is 5.46. The average molecular weight is 330 g/mol. The molecule has 0 aromatic heterocycles. The molecule has 0 radical (unpaired) electrons. The molecule has 0 aliphatic heterocycles. The van der Waals surface area contributed by atoms with Crippen molar-refractivity contribution in [3.05, 3.63) is 0 Å². The van der Waals surface area contributed by atoms with E-state index >= 15 is 0 Å². The van der Waals surface area contributed by atoms with Gasteiger partial charge in [0.25, 0.3) is 0 Å². The molecule has 20 heavy (non-hydrogen) atoms. The molecule has 6 heteroatoms. The number of rotatable bonds is 5. The quantitative estimate of drug-likeness (QED) is 0.437. The Labute approximate surface area is 128 Å². The van der Waals surface area contributed by atoms with Crippen molar-refractivity contribution in [1.29, 1.82) is 0 Å². The standard InChI is InChI=1S/C14H28NO2PSi2/c1-16-11-9-13-18(14-10-12-17-2)15(19(3,4)5)20(6,7)8/h11-12H2,1-8H3. The lowest BCUT2D eigenvalue weighted by Gasteiger charge is -2.44. The van der Waals surface area contributed by atoms with Crippen molar-refractivity contribution in [2.24, 2.45) is 0 Å². The molecule has 0 N–H and O–H groups in total. The van der Waals surface area contributed by atoms with Crippen LogP contribution in [0.25, 0.3) is 0 Å². The van der Waals surface area contributed by atoms with Gasteiger partial charge in [-0.2, -0.15) is 0 Å². The van der Waals surface area contributed by atoms with Gasteiger partial charge in [-0.15, -0.1) is 0 Å². The maximum absolute atomic E-state index is 5.04. The van der Waals surface area contributed by atoms with Gasteiger partial charge < -0.3 is 13.5 Å². The zero-order chi connectivity index (χ0) is 15.8. The molecule has 0 aliphatic carbocycles. The van der Waals surface area contributed by atoms with Gasteiger partial charge in [0.1, 0.15) is 37.8 Å². The molecule has 0 bridgehead atoms. The molecule has 0 saturated heterocycles. The van der Waals surface area contributed by atoms with Gasteiger partial charge in [-0.05, 0) is 11.3 Å². The van der Waals surface area contributed by atoms with E-state index in [1.807, 2.05) is 0 Å². The van der Waals surface area contributed by atoms with Crippen molar-refractivity contribution in [2.45, 2.75) is 39.3 Å². The highest BCUT2D eigenvalue weighted by molar-refractivity contribution is 7.69. The molecule has 0 saturated carbocycles. The predicted molar refractivity (Wildman–Crippen MR) is 94.8 cm³/mol. The summed E-state index contributed by atoms with van der Waals surface area (Å²) in [6.45, 7) is 15.2. The molecule has 0 heterocycles. The molecule has 0 amide bonds. The summed E-state index contributed by atoms with van der Waals surface area (Å²) in [7, 11) is -0.347. The minimum atomic E-state index is -1.47. The number of hydrogen-bond donors (Lipinski definition) is 0. The first-order valence-corrected chi connectivity index (χ1v) is 14.9. The van der Waals surface area contributed by atoms with Gasteiger partial charge in [0.15, 0.2) is 0 Å². The first kappa shape index (κ1) is 19.9. The second-order valence-electron chi connectivity index (χ2n) is 6.41. The van der Waals surface area contributed by atoms with Crippen LogP contribution in [0.2, 0.25) is 39.3 Å². The zero-order valence-electron chi connectivity index (χ0n) is 14.1. The monoisotopic (exact) mass is 329 g/mol. The average Bonchev–Trinajstić information content (AvgIpc) is 2.25. The van der Waals surface area contributed by atoms with Crippen LogP contribution in [-0.2, 0) is 9.47 Å². The number of nitrogens with zero attached hydrogens (tertiary/aromatic N) is 1. The molecule has 0 unspecified atom stereocenters. The Morgan fingerprint density at radius 1 is 0.800 bits per heavy atom. The predicted octanol–water partition coefficient (Wildman–Crippen LogP) is 3.57. The summed E-state index contributed by atoms with van der Waals surface area (Å²) in [5.74, 6) is 6.21. The summed E-state index contributed by atoms with van der Waals surface area (Å²) in [4.78, 5) is 0. The highest BCUT2D eigenvalue weighted by Gasteiger charge is 2.38. The lowest BCUT2D eigenvalue weighted by molar-refractivity contribution is 0.240. The smallest absolute Gasteiger partial charge is 0.117 e. The van der Waals surface area contributed by atoms with Gasteiger partial charge in [-0.3, -0.25) is 0 Å². The van der Waals surface area contributed by atoms with E-state index in [2.05, 4.69) is 66.4 Å². The molecular formula is C14H28NO2PSi2. The fourth-order valence-corrected chi connectivity index (χ4v) is 16.2. The molecule has 0 rings (SSSR count). The third-order valence-electron chi connectivity index (χ3n) is 2.27. The molecule has 0 aromatic rings. The van der Waals surface area contributed by atoms with Gasteiger partial charge in [0.2, 0.25) is 0 Å². The van der Waals surface area contributed by atoms with Crippen molar-refractivity contribution in [1.82, 2.24) is 4.00 Å². The van der Waals surface area contributed by atoms with Crippen molar-refractivity contribution >= 4 is 24.5 Å². The minimum absolute atomic E-state index is 0.468. The first-order chi connectivity index (χ1) is 9.14. The fourth-order valence-electron chi connectivity index (χ4n) is 2.09. The normalized spacial score (nSPS) is 11.9. The van der Waals surface area contributed by atoms with Crippen LogP contribution in [0, 0.1) is 23.2 Å². The van der Waals surface area contributed by atoms with E-state index in [0.29, 0.717) is 13.2 Å². The molecule has 0 atom stereocenters. The van der Waals surface area contributed by atoms with E-state index in [0.717, 1.165) is 0 Å². The van der Waals surface area contributed by atoms with Crippen molar-refractivity contribution in [3.63, 3.8) is 0 Å². The van der Waals surface area contributed by atoms with E-state index in [1.165, 1.54) is 0 Å². The summed E-state index contributed by atoms with van der Waals surface area (Å²) in [6, 6.07) is 0. The van der Waals surface area contributed by atoms with Gasteiger partial charge in [0, 0.05) is 14.2 Å². The van der Waals surface area contributed by atoms with Gasteiger partial charge in [-0.1, -0.05) is 51.1 Å². The molecule has 0 aliphatic rings. The van der Waals surface area contributed by atoms with Crippen LogP contribution in [0.3, 0.4) is 0 Å². The first-order valence-electron chi connectivity index (χ1n) is 6.70. The van der Waals surface area contributed by atoms with Crippen LogP contribution in [0.5, 0.6) is 0 Å². The summed E-state index contributed by atoms with van der Waals surface area (Å²) in [5.41, 5.74) is 6.70. The molecule has 0 fully saturated rings. The summed E-state index contributed by atoms with van der Waals surface area (Å²) in [5, 5.41) is 0. The fraction of sp³-hybridized carbons (Fsp3) is 0.714. The second kappa shape index (κ2) is 9.00. The van der Waals surface area contributed by atoms with Crippen LogP contribution >= 0.6 is 8.07 Å². The van der Waals surface area contributed by atoms with Gasteiger partial charge >= 0.3 is 0 Å². The maximum atomic E-state index is 5.04. The van der Waals surface area contributed by atoms with Gasteiger partial charge in [0.05, 0.1) is 0 Å². The third-order valence-corrected chi connectivity index (χ3v) is 14.8. The van der Waals surface area contributed by atoms with Crippen molar-refractivity contribution in [2.75, 3.05) is 27.4 Å². The largest absolute Gasteiger partial charge is 0.372 e. The number of hydrogen-bond acceptors (Lipinski definition) is 3. The lowest BCUT2D eigenvalue weighted by Crippen LogP contribution is -2.55. The SMILES string of the molecule is COCC#CP(C#CCOC)N([Si](C)(C)C)[Si](C)(C)C. The Bertz CT molecular complexity index is 369. The Hall–Kier alpha value is -0.136. The van der Waals surface area contributed by atoms with Crippen LogP contribution in [0.15, 0.2) is 0 Å². The van der Waals surface area contributed by atoms with E-state index in [1.54, 1.807) is 14.2 Å². The Kier molecular flexibility index (Phi) is 8.94. The molecule has 0 aromatic carbocycles. The highest BCUT2D eigenvalue weighted by atomic mass is 31.1. The Morgan fingerprint density at radius 3 is 1.40 bits per heavy atom. The topological polar surface area (TPSA) is 21.7 Å². The maximum Gasteiger partial charge on any atom is 0.117 e. The summed E-state index contributed by atoms with van der Waals surface area (Å²) < 4.78 is 12.7. The molecule has 114 valence electrons. The van der Waals surface area contributed by atoms with E-state index in [4.69, 9.17) is 9.47 Å². The summed E-state index contributed by atoms with van der Waals surface area (Å²) >= 11 is 0. The van der Waals surface area contributed by atoms with Crippen LogP contribution in [-0.4, -0.2) is 47.9 Å². The third kappa shape index (κ3) is 7.59. The van der Waals surface area contributed by atoms with Crippen LogP contribution < -0.4 is 0 Å². The Morgan fingerprint density at radius 2 is 1.15 bits per heavy atom. The molecule has 3 nitrogen and oxygen atoms in total. The number of methoxy groups -OCH3 is 2. The van der Waals surface area contributed by atoms with E-state index in [-0.39, 0.29) is 0 Å². The van der Waals surface area contributed by atoms with Crippen LogP contribution in [0.1, 0.15) is 0 Å². The zero-order valence-corrected chi connectivity index (χ0v) is 17.0. The van der Waals surface area contributed by atoms with Crippen molar-refractivity contribution < 1.29 is 9.47 Å². The van der Waals surface area contributed by atoms with Crippen LogP contribution in [0.4, 0.5) is 0 Å². The second-order valence-corrected chi connectivity index (χ2v) is 18.7. The lowest BCUT2D eigenvalue weighted by atomic mass is 10.8. The summed E-state index contributed by atoms with van der Waals surface area (Å²) in [6.07, 6.45) is 0. The molecular weight excluding hydrogens is 301 g/mol.